The maximum absolute atomic E-state index is 5.66. The van der Waals surface area contributed by atoms with Crippen molar-refractivity contribution in [3.05, 3.63) is 54.1 Å². The van der Waals surface area contributed by atoms with Crippen molar-refractivity contribution in [2.24, 2.45) is 0 Å². The lowest BCUT2D eigenvalue weighted by molar-refractivity contribution is 0.315. The second kappa shape index (κ2) is 6.59. The molecule has 0 unspecified atom stereocenters. The summed E-state index contributed by atoms with van der Waals surface area (Å²) in [7, 11) is 0. The molecule has 1 N–H and O–H groups in total. The van der Waals surface area contributed by atoms with E-state index < -0.39 is 0 Å². The summed E-state index contributed by atoms with van der Waals surface area (Å²) in [5.41, 5.74) is 2.32. The molecule has 0 atom stereocenters. The number of hydrogen-bond donors (Lipinski definition) is 1. The van der Waals surface area contributed by atoms with Gasteiger partial charge in [0.15, 0.2) is 5.13 Å². The lowest BCUT2D eigenvalue weighted by Crippen LogP contribution is -2.06. The Hall–Kier alpha value is -2.07. The van der Waals surface area contributed by atoms with E-state index >= 15 is 0 Å². The van der Waals surface area contributed by atoms with Crippen molar-refractivity contribution in [3.63, 3.8) is 0 Å². The van der Waals surface area contributed by atoms with E-state index in [9.17, 15) is 0 Å². The van der Waals surface area contributed by atoms with Crippen LogP contribution in [0.25, 0.3) is 10.2 Å². The van der Waals surface area contributed by atoms with Crippen molar-refractivity contribution in [2.45, 2.75) is 13.3 Å². The number of thiazole rings is 1. The van der Waals surface area contributed by atoms with E-state index in [4.69, 9.17) is 4.74 Å². The first kappa shape index (κ1) is 13.9. The minimum atomic E-state index is 0.709. The van der Waals surface area contributed by atoms with E-state index in [0.717, 1.165) is 29.4 Å². The Balaban J connectivity index is 1.46. The Morgan fingerprint density at radius 1 is 1.14 bits per heavy atom. The number of aromatic nitrogens is 1. The number of anilines is 1. The van der Waals surface area contributed by atoms with Crippen LogP contribution < -0.4 is 10.1 Å². The van der Waals surface area contributed by atoms with Crippen LogP contribution in [0.1, 0.15) is 12.0 Å². The third kappa shape index (κ3) is 3.73. The largest absolute Gasteiger partial charge is 0.494 e. The number of ether oxygens (including phenoxy) is 1. The number of hydrogen-bond acceptors (Lipinski definition) is 4. The normalized spacial score (nSPS) is 10.7. The molecule has 3 rings (SSSR count). The number of aryl methyl sites for hydroxylation is 1. The molecule has 0 aliphatic rings. The Kier molecular flexibility index (Phi) is 4.36. The van der Waals surface area contributed by atoms with Crippen LogP contribution in [0, 0.1) is 6.92 Å². The Labute approximate surface area is 128 Å². The fourth-order valence-corrected chi connectivity index (χ4v) is 2.96. The molecular formula is C17H18N2OS. The molecule has 0 amide bonds. The zero-order valence-corrected chi connectivity index (χ0v) is 12.8. The molecule has 1 aromatic heterocycles. The summed E-state index contributed by atoms with van der Waals surface area (Å²) in [5, 5.41) is 4.35. The van der Waals surface area contributed by atoms with Crippen LogP contribution in [0.3, 0.4) is 0 Å². The molecule has 3 nitrogen and oxygen atoms in total. The highest BCUT2D eigenvalue weighted by Gasteiger charge is 2.03. The van der Waals surface area contributed by atoms with Crippen LogP contribution in [0.15, 0.2) is 48.5 Å². The van der Waals surface area contributed by atoms with Crippen molar-refractivity contribution in [1.82, 2.24) is 4.98 Å². The lowest BCUT2D eigenvalue weighted by Gasteiger charge is -2.06. The first-order valence-corrected chi connectivity index (χ1v) is 7.92. The molecule has 1 heterocycles. The Morgan fingerprint density at radius 2 is 2.00 bits per heavy atom. The van der Waals surface area contributed by atoms with Crippen LogP contribution in [0.5, 0.6) is 5.75 Å². The van der Waals surface area contributed by atoms with Gasteiger partial charge in [-0.25, -0.2) is 4.98 Å². The van der Waals surface area contributed by atoms with Crippen LogP contribution >= 0.6 is 11.3 Å². The molecular weight excluding hydrogens is 280 g/mol. The van der Waals surface area contributed by atoms with Crippen molar-refractivity contribution in [2.75, 3.05) is 18.5 Å². The number of rotatable bonds is 6. The first-order chi connectivity index (χ1) is 10.3. The van der Waals surface area contributed by atoms with E-state index in [0.29, 0.717) is 6.61 Å². The number of fused-ring (bicyclic) bond motifs is 1. The molecule has 3 aromatic rings. The van der Waals surface area contributed by atoms with E-state index in [-0.39, 0.29) is 0 Å². The van der Waals surface area contributed by atoms with E-state index in [1.165, 1.54) is 10.3 Å². The van der Waals surface area contributed by atoms with Crippen molar-refractivity contribution in [1.29, 1.82) is 0 Å². The highest BCUT2D eigenvalue weighted by atomic mass is 32.1. The van der Waals surface area contributed by atoms with Gasteiger partial charge < -0.3 is 10.1 Å². The molecule has 2 aromatic carbocycles. The summed E-state index contributed by atoms with van der Waals surface area (Å²) in [5.74, 6) is 0.924. The van der Waals surface area contributed by atoms with Gasteiger partial charge in [0.25, 0.3) is 0 Å². The number of benzene rings is 2. The van der Waals surface area contributed by atoms with Gasteiger partial charge in [-0.1, -0.05) is 35.6 Å². The molecule has 21 heavy (non-hydrogen) atoms. The van der Waals surface area contributed by atoms with Gasteiger partial charge in [0.05, 0.1) is 16.8 Å². The number of para-hydroxylation sites is 1. The highest BCUT2D eigenvalue weighted by molar-refractivity contribution is 7.22. The van der Waals surface area contributed by atoms with E-state index in [1.807, 2.05) is 30.3 Å². The lowest BCUT2D eigenvalue weighted by atomic mass is 10.2. The maximum atomic E-state index is 5.66. The predicted molar refractivity (Wildman–Crippen MR) is 89.4 cm³/mol. The number of nitrogens with zero attached hydrogens (tertiary/aromatic N) is 1. The van der Waals surface area contributed by atoms with Crippen molar-refractivity contribution < 1.29 is 4.74 Å². The minimum absolute atomic E-state index is 0.709. The summed E-state index contributed by atoms with van der Waals surface area (Å²) in [6.07, 6.45) is 0.948. The van der Waals surface area contributed by atoms with Gasteiger partial charge in [-0.2, -0.15) is 0 Å². The molecule has 4 heteroatoms. The first-order valence-electron chi connectivity index (χ1n) is 7.10. The second-order valence-electron chi connectivity index (χ2n) is 4.93. The zero-order chi connectivity index (χ0) is 14.5. The van der Waals surface area contributed by atoms with Gasteiger partial charge in [0.2, 0.25) is 0 Å². The van der Waals surface area contributed by atoms with Crippen molar-refractivity contribution >= 4 is 26.7 Å². The molecule has 0 fully saturated rings. The summed E-state index contributed by atoms with van der Waals surface area (Å²) >= 11 is 1.70. The van der Waals surface area contributed by atoms with Gasteiger partial charge in [0, 0.05) is 6.54 Å². The predicted octanol–water partition coefficient (Wildman–Crippen LogP) is 4.49. The molecule has 0 saturated heterocycles. The fourth-order valence-electron chi connectivity index (χ4n) is 2.09. The summed E-state index contributed by atoms with van der Waals surface area (Å²) in [6.45, 7) is 3.67. The van der Waals surface area contributed by atoms with Gasteiger partial charge in [-0.15, -0.1) is 0 Å². The molecule has 0 saturated carbocycles. The molecule has 0 radical (unpaired) electrons. The average Bonchev–Trinajstić information content (AvgIpc) is 2.90. The van der Waals surface area contributed by atoms with Gasteiger partial charge in [0.1, 0.15) is 5.75 Å². The van der Waals surface area contributed by atoms with Crippen molar-refractivity contribution in [3.8, 4) is 5.75 Å². The van der Waals surface area contributed by atoms with E-state index in [1.54, 1.807) is 11.3 Å². The summed E-state index contributed by atoms with van der Waals surface area (Å²) in [4.78, 5) is 4.60. The molecule has 0 aliphatic carbocycles. The van der Waals surface area contributed by atoms with E-state index in [2.05, 4.69) is 35.4 Å². The second-order valence-corrected chi connectivity index (χ2v) is 5.96. The third-order valence-electron chi connectivity index (χ3n) is 3.15. The monoisotopic (exact) mass is 298 g/mol. The third-order valence-corrected chi connectivity index (χ3v) is 4.15. The van der Waals surface area contributed by atoms with Crippen LogP contribution in [0.4, 0.5) is 5.13 Å². The Morgan fingerprint density at radius 3 is 2.86 bits per heavy atom. The topological polar surface area (TPSA) is 34.1 Å². The molecule has 108 valence electrons. The van der Waals surface area contributed by atoms with Crippen LogP contribution in [-0.2, 0) is 0 Å². The standard InChI is InChI=1S/C17H18N2OS/c1-13-8-9-16-15(12-13)19-17(21-16)18-10-5-11-20-14-6-3-2-4-7-14/h2-4,6-9,12H,5,10-11H2,1H3,(H,18,19). The zero-order valence-electron chi connectivity index (χ0n) is 12.0. The fraction of sp³-hybridized carbons (Fsp3) is 0.235. The summed E-state index contributed by atoms with van der Waals surface area (Å²) in [6, 6.07) is 16.3. The highest BCUT2D eigenvalue weighted by Crippen LogP contribution is 2.26. The van der Waals surface area contributed by atoms with Gasteiger partial charge in [-0.05, 0) is 43.2 Å². The number of nitrogens with one attached hydrogen (secondary N) is 1. The van der Waals surface area contributed by atoms with Gasteiger partial charge in [-0.3, -0.25) is 0 Å². The molecule has 0 bridgehead atoms. The smallest absolute Gasteiger partial charge is 0.183 e. The molecule has 0 spiro atoms. The van der Waals surface area contributed by atoms with Crippen LogP contribution in [0.2, 0.25) is 0 Å². The quantitative estimate of drug-likeness (QED) is 0.681. The minimum Gasteiger partial charge on any atom is -0.494 e. The van der Waals surface area contributed by atoms with Crippen LogP contribution in [-0.4, -0.2) is 18.1 Å². The molecule has 0 aliphatic heterocycles. The Bertz CT molecular complexity index is 709. The van der Waals surface area contributed by atoms with Gasteiger partial charge >= 0.3 is 0 Å². The average molecular weight is 298 g/mol. The SMILES string of the molecule is Cc1ccc2sc(NCCCOc3ccccc3)nc2c1. The summed E-state index contributed by atoms with van der Waals surface area (Å²) < 4.78 is 6.89. The maximum Gasteiger partial charge on any atom is 0.183 e.